The van der Waals surface area contributed by atoms with E-state index < -0.39 is 0 Å². The van der Waals surface area contributed by atoms with E-state index in [0.29, 0.717) is 35.0 Å². The van der Waals surface area contributed by atoms with Gasteiger partial charge in [-0.2, -0.15) is 0 Å². The third-order valence-corrected chi connectivity index (χ3v) is 5.58. The summed E-state index contributed by atoms with van der Waals surface area (Å²) in [5, 5.41) is 14.7. The molecular weight excluding hydrogens is 424 g/mol. The number of nitrogens with two attached hydrogens (primary N) is 1. The van der Waals surface area contributed by atoms with Crippen molar-refractivity contribution in [1.29, 1.82) is 0 Å². The maximum atomic E-state index is 10.5. The number of phenols is 1. The molecule has 0 amide bonds. The number of phenolic OH excluding ortho intramolecular Hbond substituents is 1. The molecule has 5 rings (SSSR count). The average molecular weight is 449 g/mol. The van der Waals surface area contributed by atoms with E-state index >= 15 is 0 Å². The van der Waals surface area contributed by atoms with E-state index in [9.17, 15) is 5.11 Å². The molecule has 168 valence electrons. The van der Waals surface area contributed by atoms with Gasteiger partial charge in [0.15, 0.2) is 5.82 Å². The number of hydrogen-bond donors (Lipinski definition) is 3. The highest BCUT2D eigenvalue weighted by atomic mass is 16.3. The van der Waals surface area contributed by atoms with Crippen LogP contribution in [0.25, 0.3) is 33.5 Å². The van der Waals surface area contributed by atoms with Crippen molar-refractivity contribution >= 4 is 16.7 Å². The molecule has 5 aromatic rings. The van der Waals surface area contributed by atoms with Crippen LogP contribution in [0.5, 0.6) is 5.75 Å². The fourth-order valence-electron chi connectivity index (χ4n) is 3.91. The van der Waals surface area contributed by atoms with Crippen molar-refractivity contribution in [1.82, 2.24) is 19.9 Å². The summed E-state index contributed by atoms with van der Waals surface area (Å²) in [7, 11) is 0. The number of aromatic hydroxyl groups is 1. The summed E-state index contributed by atoms with van der Waals surface area (Å²) in [6.07, 6.45) is 5.87. The van der Waals surface area contributed by atoms with Gasteiger partial charge in [0.2, 0.25) is 0 Å². The zero-order valence-corrected chi connectivity index (χ0v) is 18.5. The maximum Gasteiger partial charge on any atom is 0.162 e. The van der Waals surface area contributed by atoms with Crippen molar-refractivity contribution < 1.29 is 5.11 Å². The zero-order chi connectivity index (χ0) is 23.3. The molecule has 0 saturated carbocycles. The summed E-state index contributed by atoms with van der Waals surface area (Å²) < 4.78 is 0. The summed E-state index contributed by atoms with van der Waals surface area (Å²) >= 11 is 0. The number of hydrogen-bond acceptors (Lipinski definition) is 7. The van der Waals surface area contributed by atoms with Crippen molar-refractivity contribution in [2.45, 2.75) is 12.5 Å². The van der Waals surface area contributed by atoms with E-state index in [2.05, 4.69) is 27.4 Å². The predicted molar refractivity (Wildman–Crippen MR) is 134 cm³/mol. The van der Waals surface area contributed by atoms with Crippen LogP contribution in [-0.2, 0) is 6.42 Å². The molecule has 0 aliphatic rings. The molecule has 3 heterocycles. The Hall–Kier alpha value is -4.36. The minimum atomic E-state index is -0.101. The molecule has 0 aliphatic carbocycles. The monoisotopic (exact) mass is 448 g/mol. The average Bonchev–Trinajstić information content (AvgIpc) is 2.88. The van der Waals surface area contributed by atoms with Crippen molar-refractivity contribution in [3.05, 3.63) is 97.0 Å². The van der Waals surface area contributed by atoms with Crippen LogP contribution in [0, 0.1) is 0 Å². The van der Waals surface area contributed by atoms with E-state index in [1.165, 1.54) is 5.56 Å². The van der Waals surface area contributed by atoms with Gasteiger partial charge in [-0.1, -0.05) is 42.5 Å². The van der Waals surface area contributed by atoms with Gasteiger partial charge in [-0.25, -0.2) is 9.97 Å². The Morgan fingerprint density at radius 2 is 1.62 bits per heavy atom. The van der Waals surface area contributed by atoms with Gasteiger partial charge < -0.3 is 16.2 Å². The molecule has 2 aromatic carbocycles. The molecule has 3 aromatic heterocycles. The normalized spacial score (nSPS) is 11.9. The van der Waals surface area contributed by atoms with Crippen molar-refractivity contribution in [2.24, 2.45) is 5.73 Å². The number of fused-ring (bicyclic) bond motifs is 1. The lowest BCUT2D eigenvalue weighted by atomic mass is 10.1. The molecule has 0 radical (unpaired) electrons. The van der Waals surface area contributed by atoms with E-state index in [4.69, 9.17) is 15.7 Å². The lowest BCUT2D eigenvalue weighted by molar-refractivity contribution is 0.477. The fourth-order valence-corrected chi connectivity index (χ4v) is 3.91. The first-order chi connectivity index (χ1) is 16.7. The van der Waals surface area contributed by atoms with Crippen LogP contribution in [0.2, 0.25) is 0 Å². The van der Waals surface area contributed by atoms with Gasteiger partial charge in [0.1, 0.15) is 22.8 Å². The minimum Gasteiger partial charge on any atom is -0.507 e. The second-order valence-corrected chi connectivity index (χ2v) is 8.04. The lowest BCUT2D eigenvalue weighted by Crippen LogP contribution is -2.31. The first-order valence-electron chi connectivity index (χ1n) is 11.1. The molecule has 0 spiro atoms. The third-order valence-electron chi connectivity index (χ3n) is 5.58. The number of rotatable bonds is 7. The number of aromatic nitrogens is 4. The van der Waals surface area contributed by atoms with Crippen LogP contribution < -0.4 is 11.1 Å². The highest BCUT2D eigenvalue weighted by Gasteiger charge is 2.17. The minimum absolute atomic E-state index is 0.101. The predicted octanol–water partition coefficient (Wildman–Crippen LogP) is 4.44. The molecule has 0 aliphatic heterocycles. The Labute approximate surface area is 197 Å². The molecule has 4 N–H and O–H groups in total. The standard InChI is InChI=1S/C27H24N6O/c28-20(16-18-6-2-1-3-7-18)17-31-27-22-12-15-30-24(21-8-4-5-9-23(21)34)25(22)32-26(33-27)19-10-13-29-14-11-19/h1-15,20,34H,16-17,28H2,(H,31,32,33)/t20-/m1/s1. The van der Waals surface area contributed by atoms with Crippen LogP contribution in [0.4, 0.5) is 5.82 Å². The highest BCUT2D eigenvalue weighted by Crippen LogP contribution is 2.34. The van der Waals surface area contributed by atoms with E-state index in [-0.39, 0.29) is 11.8 Å². The Morgan fingerprint density at radius 3 is 2.41 bits per heavy atom. The van der Waals surface area contributed by atoms with E-state index in [1.807, 2.05) is 48.5 Å². The van der Waals surface area contributed by atoms with Gasteiger partial charge in [0, 0.05) is 47.7 Å². The molecule has 0 bridgehead atoms. The summed E-state index contributed by atoms with van der Waals surface area (Å²) in [4.78, 5) is 18.3. The van der Waals surface area contributed by atoms with E-state index in [0.717, 1.165) is 17.4 Å². The molecule has 0 fully saturated rings. The van der Waals surface area contributed by atoms with Crippen LogP contribution in [-0.4, -0.2) is 37.6 Å². The largest absolute Gasteiger partial charge is 0.507 e. The molecule has 34 heavy (non-hydrogen) atoms. The first-order valence-corrected chi connectivity index (χ1v) is 11.1. The quantitative estimate of drug-likeness (QED) is 0.338. The summed E-state index contributed by atoms with van der Waals surface area (Å²) in [5.41, 5.74) is 10.3. The zero-order valence-electron chi connectivity index (χ0n) is 18.5. The summed E-state index contributed by atoms with van der Waals surface area (Å²) in [5.74, 6) is 1.35. The first kappa shape index (κ1) is 21.5. The maximum absolute atomic E-state index is 10.5. The summed E-state index contributed by atoms with van der Waals surface area (Å²) in [6.45, 7) is 0.533. The van der Waals surface area contributed by atoms with Crippen molar-refractivity contribution in [2.75, 3.05) is 11.9 Å². The Bertz CT molecular complexity index is 1410. The van der Waals surface area contributed by atoms with Crippen LogP contribution in [0.1, 0.15) is 5.56 Å². The molecule has 0 saturated heterocycles. The number of para-hydroxylation sites is 1. The second-order valence-electron chi connectivity index (χ2n) is 8.04. The van der Waals surface area contributed by atoms with Crippen LogP contribution >= 0.6 is 0 Å². The van der Waals surface area contributed by atoms with Gasteiger partial charge in [0.25, 0.3) is 0 Å². The van der Waals surface area contributed by atoms with Crippen LogP contribution in [0.3, 0.4) is 0 Å². The Balaban J connectivity index is 1.56. The topological polar surface area (TPSA) is 110 Å². The highest BCUT2D eigenvalue weighted by molar-refractivity contribution is 5.99. The molecular formula is C27H24N6O. The summed E-state index contributed by atoms with van der Waals surface area (Å²) in [6, 6.07) is 22.8. The van der Waals surface area contributed by atoms with E-state index in [1.54, 1.807) is 30.7 Å². The van der Waals surface area contributed by atoms with Gasteiger partial charge in [0.05, 0.1) is 0 Å². The number of benzene rings is 2. The van der Waals surface area contributed by atoms with Gasteiger partial charge >= 0.3 is 0 Å². The molecule has 1 atom stereocenters. The van der Waals surface area contributed by atoms with Gasteiger partial charge in [-0.3, -0.25) is 9.97 Å². The molecule has 0 unspecified atom stereocenters. The van der Waals surface area contributed by atoms with Crippen molar-refractivity contribution in [3.63, 3.8) is 0 Å². The second kappa shape index (κ2) is 9.64. The smallest absolute Gasteiger partial charge is 0.162 e. The number of pyridine rings is 2. The fraction of sp³-hybridized carbons (Fsp3) is 0.111. The Morgan fingerprint density at radius 1 is 0.853 bits per heavy atom. The SMILES string of the molecule is N[C@@H](CNc1nc(-c2ccncc2)nc2c(-c3ccccc3O)nccc12)Cc1ccccc1. The molecule has 7 heteroatoms. The third kappa shape index (κ3) is 4.55. The molecule has 7 nitrogen and oxygen atoms in total. The number of nitrogens with zero attached hydrogens (tertiary/aromatic N) is 4. The van der Waals surface area contributed by atoms with Crippen molar-refractivity contribution in [3.8, 4) is 28.4 Å². The number of anilines is 1. The lowest BCUT2D eigenvalue weighted by Gasteiger charge is -2.16. The van der Waals surface area contributed by atoms with Crippen LogP contribution in [0.15, 0.2) is 91.4 Å². The number of nitrogens with one attached hydrogen (secondary N) is 1. The Kier molecular flexibility index (Phi) is 6.09. The van der Waals surface area contributed by atoms with Gasteiger partial charge in [-0.15, -0.1) is 0 Å². The van der Waals surface area contributed by atoms with Gasteiger partial charge in [-0.05, 0) is 42.3 Å².